The van der Waals surface area contributed by atoms with Crippen LogP contribution in [0.5, 0.6) is 0 Å². The minimum Gasteiger partial charge on any atom is -0.323 e. The van der Waals surface area contributed by atoms with Gasteiger partial charge in [-0.25, -0.2) is 0 Å². The number of aryl methyl sites for hydroxylation is 2. The molecule has 1 unspecified atom stereocenters. The first-order valence-electron chi connectivity index (χ1n) is 5.96. The van der Waals surface area contributed by atoms with Crippen molar-refractivity contribution in [3.63, 3.8) is 0 Å². The highest BCUT2D eigenvalue weighted by atomic mass is 15.3. The third kappa shape index (κ3) is 1.31. The van der Waals surface area contributed by atoms with Gasteiger partial charge in [-0.1, -0.05) is 6.92 Å². The second-order valence-electron chi connectivity index (χ2n) is 4.90. The van der Waals surface area contributed by atoms with Gasteiger partial charge in [0, 0.05) is 18.4 Å². The van der Waals surface area contributed by atoms with Crippen LogP contribution < -0.4 is 5.73 Å². The maximum absolute atomic E-state index is 6.34. The molecule has 1 aliphatic heterocycles. The summed E-state index contributed by atoms with van der Waals surface area (Å²) in [5, 5.41) is 8.54. The van der Waals surface area contributed by atoms with Gasteiger partial charge in [-0.2, -0.15) is 0 Å². The third-order valence-corrected chi connectivity index (χ3v) is 3.83. The van der Waals surface area contributed by atoms with Gasteiger partial charge in [0.05, 0.1) is 6.04 Å². The standard InChI is InChI=1S/C11H18N4/c1-2-9-13-14-10-5-3-4-8(15(9)10)11(12)6-7-11/h8H,2-7,12H2,1H3. The average molecular weight is 206 g/mol. The molecule has 3 rings (SSSR count). The summed E-state index contributed by atoms with van der Waals surface area (Å²) in [4.78, 5) is 0. The zero-order valence-electron chi connectivity index (χ0n) is 9.24. The summed E-state index contributed by atoms with van der Waals surface area (Å²) >= 11 is 0. The molecule has 0 bridgehead atoms. The molecule has 1 aromatic rings. The van der Waals surface area contributed by atoms with Crippen molar-refractivity contribution < 1.29 is 0 Å². The number of rotatable bonds is 2. The zero-order valence-corrected chi connectivity index (χ0v) is 9.24. The first-order chi connectivity index (χ1) is 7.24. The molecule has 0 aromatic carbocycles. The van der Waals surface area contributed by atoms with Crippen LogP contribution in [0.1, 0.15) is 50.3 Å². The van der Waals surface area contributed by atoms with E-state index in [1.165, 1.54) is 25.7 Å². The van der Waals surface area contributed by atoms with Crippen LogP contribution in [-0.4, -0.2) is 20.3 Å². The van der Waals surface area contributed by atoms with Gasteiger partial charge >= 0.3 is 0 Å². The van der Waals surface area contributed by atoms with Crippen LogP contribution in [0.4, 0.5) is 0 Å². The first-order valence-corrected chi connectivity index (χ1v) is 5.96. The van der Waals surface area contributed by atoms with Crippen molar-refractivity contribution in [3.05, 3.63) is 11.6 Å². The van der Waals surface area contributed by atoms with Gasteiger partial charge < -0.3 is 10.3 Å². The number of nitrogens with zero attached hydrogens (tertiary/aromatic N) is 3. The predicted octanol–water partition coefficient (Wildman–Crippen LogP) is 1.21. The largest absolute Gasteiger partial charge is 0.323 e. The Labute approximate surface area is 89.9 Å². The molecule has 1 saturated carbocycles. The fourth-order valence-corrected chi connectivity index (χ4v) is 2.74. The van der Waals surface area contributed by atoms with E-state index in [0.29, 0.717) is 6.04 Å². The Hall–Kier alpha value is -0.900. The molecule has 0 spiro atoms. The molecule has 4 nitrogen and oxygen atoms in total. The lowest BCUT2D eigenvalue weighted by Gasteiger charge is -2.30. The maximum Gasteiger partial charge on any atom is 0.133 e. The van der Waals surface area contributed by atoms with E-state index < -0.39 is 0 Å². The highest BCUT2D eigenvalue weighted by molar-refractivity contribution is 5.14. The molecule has 1 aromatic heterocycles. The zero-order chi connectivity index (χ0) is 10.5. The Bertz CT molecular complexity index is 364. The summed E-state index contributed by atoms with van der Waals surface area (Å²) in [6.45, 7) is 2.14. The predicted molar refractivity (Wildman–Crippen MR) is 57.5 cm³/mol. The van der Waals surface area contributed by atoms with Crippen LogP contribution in [0.3, 0.4) is 0 Å². The molecular weight excluding hydrogens is 188 g/mol. The topological polar surface area (TPSA) is 56.7 Å². The smallest absolute Gasteiger partial charge is 0.133 e. The van der Waals surface area contributed by atoms with E-state index >= 15 is 0 Å². The Balaban J connectivity index is 2.04. The SMILES string of the molecule is CCc1nnc2n1C(C1(N)CC1)CCC2. The molecule has 0 saturated heterocycles. The number of nitrogens with two attached hydrogens (primary N) is 1. The van der Waals surface area contributed by atoms with Crippen LogP contribution in [0.15, 0.2) is 0 Å². The van der Waals surface area contributed by atoms with Crippen molar-refractivity contribution in [2.24, 2.45) is 5.73 Å². The van der Waals surface area contributed by atoms with E-state index in [-0.39, 0.29) is 5.54 Å². The lowest BCUT2D eigenvalue weighted by molar-refractivity contribution is 0.316. The van der Waals surface area contributed by atoms with Crippen LogP contribution >= 0.6 is 0 Å². The first kappa shape index (κ1) is 9.33. The number of aromatic nitrogens is 3. The maximum atomic E-state index is 6.34. The fraction of sp³-hybridized carbons (Fsp3) is 0.818. The Morgan fingerprint density at radius 2 is 2.27 bits per heavy atom. The summed E-state index contributed by atoms with van der Waals surface area (Å²) in [7, 11) is 0. The van der Waals surface area contributed by atoms with Gasteiger partial charge in [0.15, 0.2) is 0 Å². The van der Waals surface area contributed by atoms with Gasteiger partial charge in [0.1, 0.15) is 11.6 Å². The molecule has 15 heavy (non-hydrogen) atoms. The molecule has 2 N–H and O–H groups in total. The van der Waals surface area contributed by atoms with Gasteiger partial charge in [-0.15, -0.1) is 10.2 Å². The monoisotopic (exact) mass is 206 g/mol. The van der Waals surface area contributed by atoms with Crippen molar-refractivity contribution in [2.45, 2.75) is 57.0 Å². The summed E-state index contributed by atoms with van der Waals surface area (Å²) in [6, 6.07) is 0.464. The van der Waals surface area contributed by atoms with E-state index in [4.69, 9.17) is 5.73 Å². The van der Waals surface area contributed by atoms with Gasteiger partial charge in [0.2, 0.25) is 0 Å². The highest BCUT2D eigenvalue weighted by Gasteiger charge is 2.48. The quantitative estimate of drug-likeness (QED) is 0.791. The molecule has 1 atom stereocenters. The molecule has 2 aliphatic rings. The van der Waals surface area contributed by atoms with Crippen molar-refractivity contribution in [1.82, 2.24) is 14.8 Å². The van der Waals surface area contributed by atoms with Crippen LogP contribution in [0.2, 0.25) is 0 Å². The fourth-order valence-electron chi connectivity index (χ4n) is 2.74. The number of hydrogen-bond donors (Lipinski definition) is 1. The molecular formula is C11H18N4. The second-order valence-corrected chi connectivity index (χ2v) is 4.90. The van der Waals surface area contributed by atoms with Crippen molar-refractivity contribution in [3.8, 4) is 0 Å². The van der Waals surface area contributed by atoms with Gasteiger partial charge in [-0.3, -0.25) is 0 Å². The molecule has 1 fully saturated rings. The summed E-state index contributed by atoms with van der Waals surface area (Å²) in [5.41, 5.74) is 6.40. The van der Waals surface area contributed by atoms with E-state index in [9.17, 15) is 0 Å². The normalized spacial score (nSPS) is 27.5. The highest BCUT2D eigenvalue weighted by Crippen LogP contribution is 2.46. The summed E-state index contributed by atoms with van der Waals surface area (Å²) in [5.74, 6) is 2.27. The van der Waals surface area contributed by atoms with E-state index in [1.54, 1.807) is 0 Å². The van der Waals surface area contributed by atoms with Gasteiger partial charge in [-0.05, 0) is 25.7 Å². The molecule has 1 aliphatic carbocycles. The van der Waals surface area contributed by atoms with E-state index in [1.807, 2.05) is 0 Å². The van der Waals surface area contributed by atoms with Crippen molar-refractivity contribution in [2.75, 3.05) is 0 Å². The van der Waals surface area contributed by atoms with Crippen LogP contribution in [0.25, 0.3) is 0 Å². The Morgan fingerprint density at radius 1 is 1.47 bits per heavy atom. The average Bonchev–Trinajstić information content (AvgIpc) is 2.87. The molecule has 0 amide bonds. The lowest BCUT2D eigenvalue weighted by Crippen LogP contribution is -2.38. The molecule has 82 valence electrons. The minimum absolute atomic E-state index is 0.0570. The Kier molecular flexibility index (Phi) is 1.89. The summed E-state index contributed by atoms with van der Waals surface area (Å²) < 4.78 is 2.33. The number of hydrogen-bond acceptors (Lipinski definition) is 3. The van der Waals surface area contributed by atoms with Crippen molar-refractivity contribution >= 4 is 0 Å². The molecule has 2 heterocycles. The summed E-state index contributed by atoms with van der Waals surface area (Å²) in [6.07, 6.45) is 6.77. The van der Waals surface area contributed by atoms with E-state index in [2.05, 4.69) is 21.7 Å². The lowest BCUT2D eigenvalue weighted by atomic mass is 9.96. The molecule has 4 heteroatoms. The Morgan fingerprint density at radius 3 is 2.93 bits per heavy atom. The van der Waals surface area contributed by atoms with Crippen molar-refractivity contribution in [1.29, 1.82) is 0 Å². The minimum atomic E-state index is 0.0570. The van der Waals surface area contributed by atoms with E-state index in [0.717, 1.165) is 24.5 Å². The third-order valence-electron chi connectivity index (χ3n) is 3.83. The number of fused-ring (bicyclic) bond motifs is 1. The van der Waals surface area contributed by atoms with Gasteiger partial charge in [0.25, 0.3) is 0 Å². The molecule has 0 radical (unpaired) electrons. The van der Waals surface area contributed by atoms with Crippen LogP contribution in [-0.2, 0) is 12.8 Å². The second kappa shape index (κ2) is 3.04. The van der Waals surface area contributed by atoms with Crippen LogP contribution in [0, 0.1) is 0 Å².